The lowest BCUT2D eigenvalue weighted by Crippen LogP contribution is -2.39. The Kier molecular flexibility index (Phi) is 7.16. The van der Waals surface area contributed by atoms with Crippen LogP contribution in [0, 0.1) is 17.8 Å². The highest BCUT2D eigenvalue weighted by molar-refractivity contribution is 5.85. The maximum absolute atomic E-state index is 12.1. The second kappa shape index (κ2) is 8.11. The molecule has 0 aromatic heterocycles. The lowest BCUT2D eigenvalue weighted by Gasteiger charge is -2.21. The van der Waals surface area contributed by atoms with Crippen LogP contribution >= 0.6 is 12.4 Å². The fourth-order valence-corrected chi connectivity index (χ4v) is 2.86. The van der Waals surface area contributed by atoms with Crippen LogP contribution in [0.25, 0.3) is 0 Å². The third kappa shape index (κ3) is 5.70. The fourth-order valence-electron chi connectivity index (χ4n) is 2.86. The number of hydrogen-bond donors (Lipinski definition) is 1. The first-order valence-corrected chi connectivity index (χ1v) is 7.65. The summed E-state index contributed by atoms with van der Waals surface area (Å²) in [5.41, 5.74) is 0. The molecule has 112 valence electrons. The highest BCUT2D eigenvalue weighted by Crippen LogP contribution is 2.27. The fraction of sp³-hybridized carbons (Fsp3) is 0.933. The molecule has 0 bridgehead atoms. The van der Waals surface area contributed by atoms with E-state index in [1.807, 2.05) is 0 Å². The summed E-state index contributed by atoms with van der Waals surface area (Å²) >= 11 is 0. The van der Waals surface area contributed by atoms with Crippen LogP contribution in [-0.2, 0) is 4.79 Å². The smallest absolute Gasteiger partial charge is 0.236 e. The molecule has 19 heavy (non-hydrogen) atoms. The number of hydrogen-bond acceptors (Lipinski definition) is 2. The van der Waals surface area contributed by atoms with Gasteiger partial charge >= 0.3 is 0 Å². The van der Waals surface area contributed by atoms with Crippen LogP contribution in [0.4, 0.5) is 0 Å². The molecule has 1 unspecified atom stereocenters. The summed E-state index contributed by atoms with van der Waals surface area (Å²) < 4.78 is 0. The minimum Gasteiger partial charge on any atom is -0.342 e. The van der Waals surface area contributed by atoms with Crippen molar-refractivity contribution in [2.45, 2.75) is 46.0 Å². The van der Waals surface area contributed by atoms with Gasteiger partial charge in [-0.1, -0.05) is 13.8 Å². The van der Waals surface area contributed by atoms with Gasteiger partial charge in [-0.15, -0.1) is 12.4 Å². The second-order valence-electron chi connectivity index (χ2n) is 6.39. The number of carbonyl (C=O) groups is 1. The van der Waals surface area contributed by atoms with E-state index in [1.54, 1.807) is 0 Å². The van der Waals surface area contributed by atoms with E-state index >= 15 is 0 Å². The Morgan fingerprint density at radius 2 is 1.95 bits per heavy atom. The van der Waals surface area contributed by atoms with Crippen LogP contribution in [-0.4, -0.2) is 37.0 Å². The Bertz CT molecular complexity index is 279. The Labute approximate surface area is 123 Å². The van der Waals surface area contributed by atoms with Gasteiger partial charge in [-0.05, 0) is 56.4 Å². The summed E-state index contributed by atoms with van der Waals surface area (Å²) in [4.78, 5) is 14.2. The quantitative estimate of drug-likeness (QED) is 0.844. The number of halogens is 1. The molecule has 1 N–H and O–H groups in total. The zero-order valence-corrected chi connectivity index (χ0v) is 13.2. The van der Waals surface area contributed by atoms with Gasteiger partial charge in [-0.2, -0.15) is 0 Å². The molecule has 1 heterocycles. The first kappa shape index (κ1) is 16.8. The molecule has 1 saturated carbocycles. The van der Waals surface area contributed by atoms with Gasteiger partial charge in [0.05, 0.1) is 6.54 Å². The summed E-state index contributed by atoms with van der Waals surface area (Å²) in [6.45, 7) is 8.12. The van der Waals surface area contributed by atoms with Crippen LogP contribution in [0.5, 0.6) is 0 Å². The van der Waals surface area contributed by atoms with Crippen molar-refractivity contribution >= 4 is 18.3 Å². The molecule has 4 heteroatoms. The van der Waals surface area contributed by atoms with Crippen LogP contribution in [0.3, 0.4) is 0 Å². The van der Waals surface area contributed by atoms with E-state index in [1.165, 1.54) is 32.1 Å². The molecule has 0 aromatic rings. The van der Waals surface area contributed by atoms with Crippen molar-refractivity contribution in [3.8, 4) is 0 Å². The van der Waals surface area contributed by atoms with Gasteiger partial charge in [0.2, 0.25) is 5.91 Å². The van der Waals surface area contributed by atoms with Gasteiger partial charge in [0.1, 0.15) is 0 Å². The molecule has 1 saturated heterocycles. The van der Waals surface area contributed by atoms with E-state index in [9.17, 15) is 4.79 Å². The van der Waals surface area contributed by atoms with Gasteiger partial charge in [0.15, 0.2) is 0 Å². The summed E-state index contributed by atoms with van der Waals surface area (Å²) in [7, 11) is 0. The normalized spacial score (nSPS) is 23.9. The molecule has 0 aromatic carbocycles. The molecule has 0 spiro atoms. The lowest BCUT2D eigenvalue weighted by atomic mass is 9.89. The van der Waals surface area contributed by atoms with Gasteiger partial charge in [-0.25, -0.2) is 0 Å². The number of rotatable bonds is 5. The zero-order chi connectivity index (χ0) is 13.0. The summed E-state index contributed by atoms with van der Waals surface area (Å²) in [5, 5.41) is 3.31. The summed E-state index contributed by atoms with van der Waals surface area (Å²) in [6.07, 6.45) is 6.35. The Hall–Kier alpha value is -0.280. The largest absolute Gasteiger partial charge is 0.342 e. The van der Waals surface area contributed by atoms with E-state index in [0.29, 0.717) is 12.5 Å². The standard InChI is InChI=1S/C15H28N2O.ClH/c1-12(2)14-4-3-8-17(9-7-14)15(18)11-16-10-13-5-6-13;/h12-14,16H,3-11H2,1-2H3;1H. The van der Waals surface area contributed by atoms with Crippen molar-refractivity contribution in [3.05, 3.63) is 0 Å². The average molecular weight is 289 g/mol. The molecule has 1 atom stereocenters. The summed E-state index contributed by atoms with van der Waals surface area (Å²) in [6, 6.07) is 0. The van der Waals surface area contributed by atoms with E-state index in [0.717, 1.165) is 37.4 Å². The number of nitrogens with one attached hydrogen (secondary N) is 1. The van der Waals surface area contributed by atoms with Gasteiger partial charge in [0.25, 0.3) is 0 Å². The monoisotopic (exact) mass is 288 g/mol. The van der Waals surface area contributed by atoms with Crippen molar-refractivity contribution in [3.63, 3.8) is 0 Å². The molecule has 2 rings (SSSR count). The third-order valence-corrected chi connectivity index (χ3v) is 4.47. The second-order valence-corrected chi connectivity index (χ2v) is 6.39. The first-order valence-electron chi connectivity index (χ1n) is 7.65. The molecular formula is C15H29ClN2O. The molecule has 3 nitrogen and oxygen atoms in total. The lowest BCUT2D eigenvalue weighted by molar-refractivity contribution is -0.130. The molecule has 1 amide bonds. The average Bonchev–Trinajstić information content (AvgIpc) is 3.14. The molecule has 1 aliphatic heterocycles. The SMILES string of the molecule is CC(C)C1CCCN(C(=O)CNCC2CC2)CC1.Cl. The van der Waals surface area contributed by atoms with Gasteiger partial charge in [-0.3, -0.25) is 4.79 Å². The number of amides is 1. The highest BCUT2D eigenvalue weighted by Gasteiger charge is 2.23. The van der Waals surface area contributed by atoms with E-state index in [2.05, 4.69) is 24.1 Å². The van der Waals surface area contributed by atoms with Crippen LogP contribution in [0.1, 0.15) is 46.0 Å². The Morgan fingerprint density at radius 1 is 1.21 bits per heavy atom. The maximum Gasteiger partial charge on any atom is 0.236 e. The predicted molar refractivity (Wildman–Crippen MR) is 81.6 cm³/mol. The number of nitrogens with zero attached hydrogens (tertiary/aromatic N) is 1. The highest BCUT2D eigenvalue weighted by atomic mass is 35.5. The molecular weight excluding hydrogens is 260 g/mol. The minimum absolute atomic E-state index is 0. The predicted octanol–water partition coefficient (Wildman–Crippen LogP) is 2.69. The van der Waals surface area contributed by atoms with Crippen molar-refractivity contribution < 1.29 is 4.79 Å². The van der Waals surface area contributed by atoms with Crippen molar-refractivity contribution in [2.24, 2.45) is 17.8 Å². The van der Waals surface area contributed by atoms with Crippen molar-refractivity contribution in [2.75, 3.05) is 26.2 Å². The number of carbonyl (C=O) groups excluding carboxylic acids is 1. The van der Waals surface area contributed by atoms with Crippen LogP contribution < -0.4 is 5.32 Å². The molecule has 2 fully saturated rings. The molecule has 1 aliphatic carbocycles. The zero-order valence-electron chi connectivity index (χ0n) is 12.4. The van der Waals surface area contributed by atoms with E-state index in [-0.39, 0.29) is 12.4 Å². The van der Waals surface area contributed by atoms with Crippen LogP contribution in [0.15, 0.2) is 0 Å². The van der Waals surface area contributed by atoms with Gasteiger partial charge < -0.3 is 10.2 Å². The first-order chi connectivity index (χ1) is 8.66. The summed E-state index contributed by atoms with van der Waals surface area (Å²) in [5.74, 6) is 2.72. The van der Waals surface area contributed by atoms with Crippen molar-refractivity contribution in [1.29, 1.82) is 0 Å². The molecule has 2 aliphatic rings. The maximum atomic E-state index is 12.1. The Morgan fingerprint density at radius 3 is 2.58 bits per heavy atom. The van der Waals surface area contributed by atoms with Crippen molar-refractivity contribution in [1.82, 2.24) is 10.2 Å². The van der Waals surface area contributed by atoms with Gasteiger partial charge in [0, 0.05) is 13.1 Å². The number of likely N-dealkylation sites (tertiary alicyclic amines) is 1. The minimum atomic E-state index is 0. The Balaban J connectivity index is 0.00000180. The topological polar surface area (TPSA) is 32.3 Å². The molecule has 0 radical (unpaired) electrons. The van der Waals surface area contributed by atoms with E-state index in [4.69, 9.17) is 0 Å². The third-order valence-electron chi connectivity index (χ3n) is 4.47. The van der Waals surface area contributed by atoms with E-state index < -0.39 is 0 Å². The van der Waals surface area contributed by atoms with Crippen LogP contribution in [0.2, 0.25) is 0 Å².